The molecule has 1 aromatic carbocycles. The summed E-state index contributed by atoms with van der Waals surface area (Å²) in [4.78, 5) is 17.4. The second kappa shape index (κ2) is 6.28. The minimum atomic E-state index is -0.0352. The zero-order valence-corrected chi connectivity index (χ0v) is 15.0. The second-order valence-electron chi connectivity index (χ2n) is 7.87. The number of hydrogen-bond acceptors (Lipinski definition) is 4. The molecule has 4 atom stereocenters. The summed E-state index contributed by atoms with van der Waals surface area (Å²) in [6, 6.07) is 8.24. The van der Waals surface area contributed by atoms with Crippen LogP contribution in [0.4, 0.5) is 0 Å². The van der Waals surface area contributed by atoms with E-state index < -0.39 is 0 Å². The summed E-state index contributed by atoms with van der Waals surface area (Å²) >= 11 is 0. The third-order valence-electron chi connectivity index (χ3n) is 5.65. The Morgan fingerprint density at radius 1 is 1.28 bits per heavy atom. The molecule has 0 saturated heterocycles. The number of rotatable bonds is 4. The largest absolute Gasteiger partial charge is 0.354 e. The molecule has 0 spiro atoms. The maximum atomic E-state index is 12.7. The van der Waals surface area contributed by atoms with Gasteiger partial charge in [-0.2, -0.15) is 4.98 Å². The van der Waals surface area contributed by atoms with E-state index in [1.165, 1.54) is 0 Å². The molecule has 0 radical (unpaired) electrons. The van der Waals surface area contributed by atoms with E-state index in [-0.39, 0.29) is 23.8 Å². The highest BCUT2D eigenvalue weighted by Gasteiger charge is 2.53. The van der Waals surface area contributed by atoms with E-state index in [0.29, 0.717) is 23.6 Å². The Hall–Kier alpha value is -2.17. The number of aromatic nitrogens is 2. The molecule has 0 unspecified atom stereocenters. The number of nitrogens with zero attached hydrogens (tertiary/aromatic N) is 2. The molecule has 5 nitrogen and oxygen atoms in total. The van der Waals surface area contributed by atoms with E-state index in [1.54, 1.807) is 0 Å². The number of hydrogen-bond donors (Lipinski definition) is 1. The first-order valence-corrected chi connectivity index (χ1v) is 9.24. The summed E-state index contributed by atoms with van der Waals surface area (Å²) in [5, 5.41) is 7.28. The fraction of sp³-hybridized carbons (Fsp3) is 0.550. The van der Waals surface area contributed by atoms with E-state index >= 15 is 0 Å². The van der Waals surface area contributed by atoms with Crippen LogP contribution in [0.15, 0.2) is 28.8 Å². The molecule has 1 N–H and O–H groups in total. The highest BCUT2D eigenvalue weighted by Crippen LogP contribution is 2.56. The molecule has 2 aliphatic rings. The van der Waals surface area contributed by atoms with Crippen LogP contribution in [0.5, 0.6) is 0 Å². The van der Waals surface area contributed by atoms with Crippen molar-refractivity contribution < 1.29 is 9.32 Å². The molecule has 25 heavy (non-hydrogen) atoms. The minimum Gasteiger partial charge on any atom is -0.354 e. The van der Waals surface area contributed by atoms with Crippen LogP contribution in [0.2, 0.25) is 0 Å². The van der Waals surface area contributed by atoms with Crippen molar-refractivity contribution in [2.75, 3.05) is 0 Å². The van der Waals surface area contributed by atoms with Crippen LogP contribution in [0.3, 0.4) is 0 Å². The molecule has 5 heteroatoms. The van der Waals surface area contributed by atoms with Crippen molar-refractivity contribution in [2.45, 2.75) is 52.0 Å². The highest BCUT2D eigenvalue weighted by atomic mass is 16.5. The number of carbonyl (C=O) groups excluding carboxylic acids is 1. The van der Waals surface area contributed by atoms with Crippen LogP contribution in [0.1, 0.15) is 50.5 Å². The first-order chi connectivity index (χ1) is 12.0. The quantitative estimate of drug-likeness (QED) is 0.922. The Labute approximate surface area is 148 Å². The van der Waals surface area contributed by atoms with Crippen molar-refractivity contribution in [1.82, 2.24) is 15.5 Å². The summed E-state index contributed by atoms with van der Waals surface area (Å²) < 4.78 is 5.64. The van der Waals surface area contributed by atoms with E-state index in [0.717, 1.165) is 30.4 Å². The van der Waals surface area contributed by atoms with E-state index in [9.17, 15) is 4.79 Å². The highest BCUT2D eigenvalue weighted by molar-refractivity contribution is 5.81. The molecule has 2 bridgehead atoms. The van der Waals surface area contributed by atoms with E-state index in [1.807, 2.05) is 39.0 Å². The van der Waals surface area contributed by atoms with Gasteiger partial charge in [0.2, 0.25) is 17.6 Å². The smallest absolute Gasteiger partial charge is 0.231 e. The summed E-state index contributed by atoms with van der Waals surface area (Å²) in [6.45, 7) is 6.05. The average Bonchev–Trinajstić information content (AvgIpc) is 3.29. The van der Waals surface area contributed by atoms with E-state index in [2.05, 4.69) is 21.5 Å². The number of benzene rings is 1. The topological polar surface area (TPSA) is 68.0 Å². The Morgan fingerprint density at radius 3 is 2.84 bits per heavy atom. The summed E-state index contributed by atoms with van der Waals surface area (Å²) in [5.41, 5.74) is 2.12. The SMILES string of the molecule is Cc1cccc(-c2noc([C@H]3[C@@H]4CC[C@@H](C4)[C@@H]3C(=O)NC(C)C)n2)c1. The van der Waals surface area contributed by atoms with Crippen molar-refractivity contribution in [2.24, 2.45) is 17.8 Å². The van der Waals surface area contributed by atoms with Crippen LogP contribution >= 0.6 is 0 Å². The number of aryl methyl sites for hydroxylation is 1. The predicted octanol–water partition coefficient (Wildman–Crippen LogP) is 3.70. The van der Waals surface area contributed by atoms with Gasteiger partial charge in [-0.15, -0.1) is 0 Å². The standard InChI is InChI=1S/C20H25N3O2/c1-11(2)21-19(24)16-13-7-8-14(10-13)17(16)20-22-18(23-25-20)15-6-4-5-12(3)9-15/h4-6,9,11,13-14,16-17H,7-8,10H2,1-3H3,(H,21,24)/t13-,14+,16-,17-/m0/s1. The van der Waals surface area contributed by atoms with E-state index in [4.69, 9.17) is 4.52 Å². The number of amides is 1. The Kier molecular flexibility index (Phi) is 4.10. The van der Waals surface area contributed by atoms with Gasteiger partial charge in [-0.25, -0.2) is 0 Å². The van der Waals surface area contributed by atoms with Gasteiger partial charge in [0.05, 0.1) is 11.8 Å². The molecule has 2 aromatic rings. The van der Waals surface area contributed by atoms with Crippen molar-refractivity contribution >= 4 is 5.91 Å². The molecule has 1 amide bonds. The fourth-order valence-corrected chi connectivity index (χ4v) is 4.68. The van der Waals surface area contributed by atoms with Crippen molar-refractivity contribution in [3.8, 4) is 11.4 Å². The Balaban J connectivity index is 1.63. The zero-order valence-electron chi connectivity index (χ0n) is 15.0. The monoisotopic (exact) mass is 339 g/mol. The van der Waals surface area contributed by atoms with Gasteiger partial charge < -0.3 is 9.84 Å². The first-order valence-electron chi connectivity index (χ1n) is 9.24. The van der Waals surface area contributed by atoms with Gasteiger partial charge in [0.15, 0.2) is 0 Å². The molecule has 2 fully saturated rings. The maximum absolute atomic E-state index is 12.7. The minimum absolute atomic E-state index is 0.0352. The van der Waals surface area contributed by atoms with Gasteiger partial charge in [-0.3, -0.25) is 4.79 Å². The van der Waals surface area contributed by atoms with Crippen LogP contribution in [-0.4, -0.2) is 22.1 Å². The Morgan fingerprint density at radius 2 is 2.08 bits per heavy atom. The average molecular weight is 339 g/mol. The van der Waals surface area contributed by atoms with Crippen molar-refractivity contribution in [3.63, 3.8) is 0 Å². The lowest BCUT2D eigenvalue weighted by Crippen LogP contribution is -2.40. The van der Waals surface area contributed by atoms with Gasteiger partial charge in [-0.05, 0) is 57.9 Å². The lowest BCUT2D eigenvalue weighted by Gasteiger charge is -2.28. The zero-order chi connectivity index (χ0) is 17.6. The number of nitrogens with one attached hydrogen (secondary N) is 1. The predicted molar refractivity (Wildman–Crippen MR) is 94.8 cm³/mol. The van der Waals surface area contributed by atoms with Crippen molar-refractivity contribution in [3.05, 3.63) is 35.7 Å². The van der Waals surface area contributed by atoms with Crippen LogP contribution in [-0.2, 0) is 4.79 Å². The summed E-state index contributed by atoms with van der Waals surface area (Å²) in [7, 11) is 0. The fourth-order valence-electron chi connectivity index (χ4n) is 4.68. The lowest BCUT2D eigenvalue weighted by atomic mass is 9.78. The summed E-state index contributed by atoms with van der Waals surface area (Å²) in [5.74, 6) is 2.34. The Bertz CT molecular complexity index is 783. The molecule has 1 heterocycles. The van der Waals surface area contributed by atoms with Gasteiger partial charge in [-0.1, -0.05) is 28.9 Å². The summed E-state index contributed by atoms with van der Waals surface area (Å²) in [6.07, 6.45) is 3.39. The van der Waals surface area contributed by atoms with Crippen LogP contribution in [0.25, 0.3) is 11.4 Å². The number of carbonyl (C=O) groups is 1. The normalized spacial score (nSPS) is 27.8. The van der Waals surface area contributed by atoms with Gasteiger partial charge >= 0.3 is 0 Å². The first kappa shape index (κ1) is 16.3. The molecule has 132 valence electrons. The van der Waals surface area contributed by atoms with Crippen molar-refractivity contribution in [1.29, 1.82) is 0 Å². The third-order valence-corrected chi connectivity index (χ3v) is 5.65. The van der Waals surface area contributed by atoms with Gasteiger partial charge in [0.25, 0.3) is 0 Å². The lowest BCUT2D eigenvalue weighted by molar-refractivity contribution is -0.128. The molecule has 0 aliphatic heterocycles. The second-order valence-corrected chi connectivity index (χ2v) is 7.87. The molecular formula is C20H25N3O2. The maximum Gasteiger partial charge on any atom is 0.231 e. The van der Waals surface area contributed by atoms with Gasteiger partial charge in [0.1, 0.15) is 0 Å². The molecule has 2 saturated carbocycles. The molecular weight excluding hydrogens is 314 g/mol. The number of fused-ring (bicyclic) bond motifs is 2. The van der Waals surface area contributed by atoms with Crippen LogP contribution < -0.4 is 5.32 Å². The molecule has 2 aliphatic carbocycles. The van der Waals surface area contributed by atoms with Crippen LogP contribution in [0, 0.1) is 24.7 Å². The molecule has 4 rings (SSSR count). The van der Waals surface area contributed by atoms with Gasteiger partial charge in [0, 0.05) is 11.6 Å². The third kappa shape index (κ3) is 2.96. The molecule has 1 aromatic heterocycles.